The lowest BCUT2D eigenvalue weighted by atomic mass is 9.91. The van der Waals surface area contributed by atoms with Crippen LogP contribution in [0.2, 0.25) is 10.2 Å². The third-order valence-corrected chi connectivity index (χ3v) is 9.34. The summed E-state index contributed by atoms with van der Waals surface area (Å²) in [5.41, 5.74) is 0.334. The molecule has 0 aliphatic carbocycles. The zero-order chi connectivity index (χ0) is 34.4. The van der Waals surface area contributed by atoms with E-state index in [2.05, 4.69) is 4.98 Å². The molecule has 2 aliphatic rings. The SMILES string of the molecule is C[C@H]1CN(C(=O)OC(C)(C)C)[C@H](c2ccc(-n3c(Cl)cc4c(=O)n(CC5(O)CCN(C(=O)c6ccc(Cl)cc6)CC5)cnc43)cc2)CO1. The number of likely N-dealkylation sites (tertiary alicyclic amines) is 1. The van der Waals surface area contributed by atoms with Crippen molar-refractivity contribution >= 4 is 46.2 Å². The molecule has 2 aromatic heterocycles. The Bertz CT molecular complexity index is 1870. The summed E-state index contributed by atoms with van der Waals surface area (Å²) in [6.45, 7) is 8.91. The Morgan fingerprint density at radius 1 is 1.06 bits per heavy atom. The summed E-state index contributed by atoms with van der Waals surface area (Å²) in [7, 11) is 0. The van der Waals surface area contributed by atoms with Gasteiger partial charge >= 0.3 is 6.09 Å². The number of ether oxygens (including phenoxy) is 2. The van der Waals surface area contributed by atoms with Gasteiger partial charge in [0.2, 0.25) is 0 Å². The average molecular weight is 697 g/mol. The first-order chi connectivity index (χ1) is 22.7. The van der Waals surface area contributed by atoms with Crippen molar-refractivity contribution in [2.45, 2.75) is 70.4 Å². The molecular weight excluding hydrogens is 657 g/mol. The lowest BCUT2D eigenvalue weighted by Gasteiger charge is -2.39. The summed E-state index contributed by atoms with van der Waals surface area (Å²) < 4.78 is 14.7. The molecule has 2 aromatic carbocycles. The highest BCUT2D eigenvalue weighted by Gasteiger charge is 2.36. The molecular formula is C35H39Cl2N5O6. The van der Waals surface area contributed by atoms with Gasteiger partial charge in [-0.25, -0.2) is 9.78 Å². The largest absolute Gasteiger partial charge is 0.444 e. The molecule has 4 heterocycles. The van der Waals surface area contributed by atoms with Crippen LogP contribution < -0.4 is 5.56 Å². The maximum Gasteiger partial charge on any atom is 0.410 e. The number of fused-ring (bicyclic) bond motifs is 1. The highest BCUT2D eigenvalue weighted by Crippen LogP contribution is 2.31. The number of nitrogens with zero attached hydrogens (tertiary/aromatic N) is 5. The summed E-state index contributed by atoms with van der Waals surface area (Å²) in [5.74, 6) is -0.125. The second-order valence-corrected chi connectivity index (χ2v) is 14.4. The molecule has 0 bridgehead atoms. The molecule has 0 unspecified atom stereocenters. The highest BCUT2D eigenvalue weighted by molar-refractivity contribution is 6.31. The fourth-order valence-electron chi connectivity index (χ4n) is 6.27. The molecule has 13 heteroatoms. The number of carbonyl (C=O) groups excluding carboxylic acids is 2. The van der Waals surface area contributed by atoms with Crippen LogP contribution in [-0.2, 0) is 16.0 Å². The topological polar surface area (TPSA) is 119 Å². The van der Waals surface area contributed by atoms with Gasteiger partial charge in [-0.3, -0.25) is 23.6 Å². The number of hydrogen-bond donors (Lipinski definition) is 1. The van der Waals surface area contributed by atoms with Crippen LogP contribution in [0.5, 0.6) is 0 Å². The van der Waals surface area contributed by atoms with Crippen LogP contribution >= 0.6 is 23.2 Å². The first-order valence-electron chi connectivity index (χ1n) is 16.0. The number of aliphatic hydroxyl groups is 1. The van der Waals surface area contributed by atoms with Crippen molar-refractivity contribution in [1.82, 2.24) is 23.9 Å². The van der Waals surface area contributed by atoms with Crippen LogP contribution in [0.15, 0.2) is 65.7 Å². The summed E-state index contributed by atoms with van der Waals surface area (Å²) >= 11 is 12.6. The number of halogens is 2. The van der Waals surface area contributed by atoms with Crippen molar-refractivity contribution in [3.05, 3.63) is 92.6 Å². The summed E-state index contributed by atoms with van der Waals surface area (Å²) in [5, 5.41) is 12.6. The molecule has 2 aliphatic heterocycles. The van der Waals surface area contributed by atoms with Crippen LogP contribution in [0.1, 0.15) is 62.5 Å². The fourth-order valence-corrected chi connectivity index (χ4v) is 6.68. The second kappa shape index (κ2) is 13.2. The molecule has 0 spiro atoms. The lowest BCUT2D eigenvalue weighted by molar-refractivity contribution is -0.0644. The van der Waals surface area contributed by atoms with E-state index in [0.717, 1.165) is 5.56 Å². The highest BCUT2D eigenvalue weighted by atomic mass is 35.5. The zero-order valence-corrected chi connectivity index (χ0v) is 28.9. The van der Waals surface area contributed by atoms with Crippen molar-refractivity contribution in [2.24, 2.45) is 0 Å². The van der Waals surface area contributed by atoms with Crippen LogP contribution in [0.3, 0.4) is 0 Å². The average Bonchev–Trinajstić information content (AvgIpc) is 3.38. The molecule has 11 nitrogen and oxygen atoms in total. The molecule has 4 aromatic rings. The van der Waals surface area contributed by atoms with Gasteiger partial charge < -0.3 is 19.5 Å². The quantitative estimate of drug-likeness (QED) is 0.278. The molecule has 2 amide bonds. The molecule has 6 rings (SSSR count). The van der Waals surface area contributed by atoms with E-state index in [-0.39, 0.29) is 30.2 Å². The Balaban J connectivity index is 1.18. The van der Waals surface area contributed by atoms with E-state index in [9.17, 15) is 19.5 Å². The Morgan fingerprint density at radius 3 is 2.38 bits per heavy atom. The molecule has 48 heavy (non-hydrogen) atoms. The van der Waals surface area contributed by atoms with E-state index < -0.39 is 17.3 Å². The molecule has 0 saturated carbocycles. The van der Waals surface area contributed by atoms with Crippen molar-refractivity contribution in [3.63, 3.8) is 0 Å². The monoisotopic (exact) mass is 695 g/mol. The minimum atomic E-state index is -1.19. The van der Waals surface area contributed by atoms with E-state index >= 15 is 0 Å². The Kier molecular flexibility index (Phi) is 9.34. The minimum absolute atomic E-state index is 0.0332. The number of benzene rings is 2. The maximum absolute atomic E-state index is 13.6. The Hall–Kier alpha value is -3.90. The third-order valence-electron chi connectivity index (χ3n) is 8.81. The molecule has 0 radical (unpaired) electrons. The van der Waals surface area contributed by atoms with Gasteiger partial charge in [-0.05, 0) is 88.6 Å². The minimum Gasteiger partial charge on any atom is -0.444 e. The first-order valence-corrected chi connectivity index (χ1v) is 16.7. The van der Waals surface area contributed by atoms with Crippen molar-refractivity contribution in [3.8, 4) is 5.69 Å². The first kappa shape index (κ1) is 34.0. The van der Waals surface area contributed by atoms with E-state index in [4.69, 9.17) is 32.7 Å². The van der Waals surface area contributed by atoms with Gasteiger partial charge in [0.05, 0.1) is 42.8 Å². The van der Waals surface area contributed by atoms with E-state index in [1.807, 2.05) is 52.0 Å². The normalized spacial score (nSPS) is 19.8. The number of aromatic nitrogens is 3. The van der Waals surface area contributed by atoms with Crippen LogP contribution in [0.25, 0.3) is 16.7 Å². The fraction of sp³-hybridized carbons (Fsp3) is 0.429. The van der Waals surface area contributed by atoms with Gasteiger partial charge in [0, 0.05) is 29.4 Å². The summed E-state index contributed by atoms with van der Waals surface area (Å²) in [6, 6.07) is 15.5. The number of hydrogen-bond acceptors (Lipinski definition) is 7. The number of carbonyl (C=O) groups is 2. The van der Waals surface area contributed by atoms with E-state index in [1.165, 1.54) is 10.9 Å². The second-order valence-electron chi connectivity index (χ2n) is 13.6. The van der Waals surface area contributed by atoms with E-state index in [1.54, 1.807) is 44.7 Å². The molecule has 1 N–H and O–H groups in total. The van der Waals surface area contributed by atoms with Gasteiger partial charge in [0.1, 0.15) is 17.1 Å². The predicted molar refractivity (Wildman–Crippen MR) is 183 cm³/mol. The molecule has 2 fully saturated rings. The number of amides is 2. The van der Waals surface area contributed by atoms with E-state index in [0.29, 0.717) is 71.5 Å². The smallest absolute Gasteiger partial charge is 0.410 e. The van der Waals surface area contributed by atoms with Gasteiger partial charge in [-0.2, -0.15) is 0 Å². The number of piperidine rings is 1. The Morgan fingerprint density at radius 2 is 1.73 bits per heavy atom. The van der Waals surface area contributed by atoms with Gasteiger partial charge in [0.15, 0.2) is 5.65 Å². The van der Waals surface area contributed by atoms with Gasteiger partial charge in [-0.15, -0.1) is 0 Å². The van der Waals surface area contributed by atoms with Crippen LogP contribution in [0, 0.1) is 0 Å². The third kappa shape index (κ3) is 7.10. The maximum atomic E-state index is 13.6. The standard InChI is InChI=1S/C35H39Cl2N5O6/c1-22-18-41(33(45)48-34(2,3)4)28(19-47-22)23-7-11-26(12-8-23)42-29(37)17-27-30(42)38-21-40(32(27)44)20-35(46)13-15-39(16-14-35)31(43)24-5-9-25(36)10-6-24/h5-12,17,21-22,28,46H,13-16,18-20H2,1-4H3/t22-,28-/m0/s1. The van der Waals surface area contributed by atoms with Gasteiger partial charge in [-0.1, -0.05) is 35.3 Å². The van der Waals surface area contributed by atoms with Gasteiger partial charge in [0.25, 0.3) is 11.5 Å². The van der Waals surface area contributed by atoms with Crippen LogP contribution in [-0.4, -0.2) is 84.6 Å². The lowest BCUT2D eigenvalue weighted by Crippen LogP contribution is -2.49. The van der Waals surface area contributed by atoms with Crippen LogP contribution in [0.4, 0.5) is 4.79 Å². The van der Waals surface area contributed by atoms with Crippen molar-refractivity contribution < 1.29 is 24.2 Å². The number of rotatable bonds is 5. The zero-order valence-electron chi connectivity index (χ0n) is 27.4. The van der Waals surface area contributed by atoms with Crippen molar-refractivity contribution in [2.75, 3.05) is 26.2 Å². The Labute approximate surface area is 288 Å². The molecule has 2 atom stereocenters. The summed E-state index contributed by atoms with van der Waals surface area (Å²) in [4.78, 5) is 47.6. The predicted octanol–water partition coefficient (Wildman–Crippen LogP) is 5.86. The molecule has 2 saturated heterocycles. The van der Waals surface area contributed by atoms with Crippen molar-refractivity contribution in [1.29, 1.82) is 0 Å². The number of morpholine rings is 1. The molecule has 254 valence electrons. The summed E-state index contributed by atoms with van der Waals surface area (Å²) in [6.07, 6.45) is 1.52.